The van der Waals surface area contributed by atoms with Gasteiger partial charge in [-0.2, -0.15) is 0 Å². The van der Waals surface area contributed by atoms with Gasteiger partial charge in [-0.05, 0) is 44.4 Å². The Morgan fingerprint density at radius 3 is 2.61 bits per heavy atom. The predicted molar refractivity (Wildman–Crippen MR) is 104 cm³/mol. The smallest absolute Gasteiger partial charge is 0.305 e. The molecule has 0 atom stereocenters. The number of likely N-dealkylation sites (tertiary alicyclic amines) is 1. The largest absolute Gasteiger partial charge is 0.469 e. The number of unbranched alkanes of at least 4 members (excludes halogenated alkanes) is 2. The minimum absolute atomic E-state index is 0. The Hall–Kier alpha value is -0.530. The molecule has 0 aromatic rings. The molecule has 1 saturated heterocycles. The molecule has 1 saturated carbocycles. The van der Waals surface area contributed by atoms with Crippen molar-refractivity contribution >= 4 is 35.9 Å². The summed E-state index contributed by atoms with van der Waals surface area (Å²) in [7, 11) is 1.44. The number of nitrogens with one attached hydrogen (secondary N) is 1. The Labute approximate surface area is 157 Å². The van der Waals surface area contributed by atoms with Gasteiger partial charge >= 0.3 is 5.97 Å². The third kappa shape index (κ3) is 6.12. The first-order valence-corrected chi connectivity index (χ1v) is 8.79. The van der Waals surface area contributed by atoms with Crippen LogP contribution in [-0.2, 0) is 9.53 Å². The van der Waals surface area contributed by atoms with Gasteiger partial charge in [-0.25, -0.2) is 0 Å². The van der Waals surface area contributed by atoms with Crippen LogP contribution in [0, 0.1) is 5.41 Å². The second kappa shape index (κ2) is 10.4. The Kier molecular flexibility index (Phi) is 9.24. The molecule has 0 radical (unpaired) electrons. The highest BCUT2D eigenvalue weighted by atomic mass is 127. The van der Waals surface area contributed by atoms with Gasteiger partial charge in [0.05, 0.1) is 7.11 Å². The van der Waals surface area contributed by atoms with E-state index in [0.717, 1.165) is 44.9 Å². The number of esters is 1. The lowest BCUT2D eigenvalue weighted by molar-refractivity contribution is -0.140. The molecule has 2 fully saturated rings. The summed E-state index contributed by atoms with van der Waals surface area (Å²) in [5, 5.41) is 3.43. The van der Waals surface area contributed by atoms with E-state index < -0.39 is 0 Å². The molecule has 23 heavy (non-hydrogen) atoms. The van der Waals surface area contributed by atoms with Gasteiger partial charge in [-0.15, -0.1) is 24.0 Å². The zero-order valence-corrected chi connectivity index (χ0v) is 16.9. The van der Waals surface area contributed by atoms with Crippen molar-refractivity contribution in [2.45, 2.75) is 58.3 Å². The highest BCUT2D eigenvalue weighted by Gasteiger charge is 2.43. The molecular formula is C17H32IN3O2. The van der Waals surface area contributed by atoms with Crippen LogP contribution in [0.2, 0.25) is 0 Å². The van der Waals surface area contributed by atoms with Crippen LogP contribution in [0.25, 0.3) is 0 Å². The second-order valence-corrected chi connectivity index (χ2v) is 6.65. The van der Waals surface area contributed by atoms with E-state index in [1.165, 1.54) is 39.3 Å². The van der Waals surface area contributed by atoms with Crippen molar-refractivity contribution in [3.63, 3.8) is 0 Å². The summed E-state index contributed by atoms with van der Waals surface area (Å²) in [4.78, 5) is 18.3. The number of carbonyl (C=O) groups excluding carboxylic acids is 1. The maximum Gasteiger partial charge on any atom is 0.305 e. The van der Waals surface area contributed by atoms with Crippen LogP contribution in [0.5, 0.6) is 0 Å². The Balaban J connectivity index is 0.00000264. The van der Waals surface area contributed by atoms with Crippen LogP contribution in [0.1, 0.15) is 58.3 Å². The van der Waals surface area contributed by atoms with Crippen molar-refractivity contribution in [2.24, 2.45) is 10.4 Å². The first kappa shape index (κ1) is 20.5. The number of hydrogen-bond donors (Lipinski definition) is 1. The van der Waals surface area contributed by atoms with E-state index in [4.69, 9.17) is 4.99 Å². The topological polar surface area (TPSA) is 53.9 Å². The summed E-state index contributed by atoms with van der Waals surface area (Å²) in [5.41, 5.74) is 0.608. The fraction of sp³-hybridized carbons (Fsp3) is 0.882. The predicted octanol–water partition coefficient (Wildman–Crippen LogP) is 3.18. The number of ether oxygens (including phenoxy) is 1. The van der Waals surface area contributed by atoms with Crippen LogP contribution in [0.3, 0.4) is 0 Å². The van der Waals surface area contributed by atoms with Crippen molar-refractivity contribution in [2.75, 3.05) is 33.3 Å². The van der Waals surface area contributed by atoms with Gasteiger partial charge < -0.3 is 15.0 Å². The molecule has 134 valence electrons. The van der Waals surface area contributed by atoms with Gasteiger partial charge in [0.1, 0.15) is 0 Å². The fourth-order valence-electron chi connectivity index (χ4n) is 3.47. The van der Waals surface area contributed by atoms with Crippen molar-refractivity contribution in [3.8, 4) is 0 Å². The average Bonchev–Trinajstić information content (AvgIpc) is 2.95. The number of aliphatic imine (C=N–C) groups is 1. The van der Waals surface area contributed by atoms with Gasteiger partial charge in [-0.1, -0.05) is 12.8 Å². The van der Waals surface area contributed by atoms with Gasteiger partial charge in [0.25, 0.3) is 0 Å². The van der Waals surface area contributed by atoms with E-state index in [9.17, 15) is 4.79 Å². The summed E-state index contributed by atoms with van der Waals surface area (Å²) >= 11 is 0. The maximum absolute atomic E-state index is 11.0. The van der Waals surface area contributed by atoms with Gasteiger partial charge in [0, 0.05) is 32.6 Å². The molecule has 0 bridgehead atoms. The number of hydrogen-bond acceptors (Lipinski definition) is 3. The zero-order chi connectivity index (χ0) is 15.8. The van der Waals surface area contributed by atoms with Gasteiger partial charge in [-0.3, -0.25) is 9.79 Å². The van der Waals surface area contributed by atoms with Gasteiger partial charge in [0.2, 0.25) is 0 Å². The molecule has 6 heteroatoms. The summed E-state index contributed by atoms with van der Waals surface area (Å²) < 4.78 is 4.65. The number of halogens is 1. The van der Waals surface area contributed by atoms with Crippen LogP contribution in [0.15, 0.2) is 4.99 Å². The Morgan fingerprint density at radius 2 is 2.04 bits per heavy atom. The highest BCUT2D eigenvalue weighted by Crippen LogP contribution is 2.47. The zero-order valence-electron chi connectivity index (χ0n) is 14.6. The molecule has 1 heterocycles. The molecule has 2 aliphatic rings. The van der Waals surface area contributed by atoms with Crippen molar-refractivity contribution in [1.29, 1.82) is 0 Å². The molecule has 1 aliphatic carbocycles. The SMILES string of the molecule is CCNC(=NCCCCCC(=O)OC)N1CCC2(CCC2)C1.I. The lowest BCUT2D eigenvalue weighted by Crippen LogP contribution is -2.42. The minimum atomic E-state index is -0.111. The maximum atomic E-state index is 11.0. The number of nitrogens with zero attached hydrogens (tertiary/aromatic N) is 2. The minimum Gasteiger partial charge on any atom is -0.469 e. The third-order valence-electron chi connectivity index (χ3n) is 5.02. The molecule has 0 amide bonds. The molecular weight excluding hydrogens is 405 g/mol. The van der Waals surface area contributed by atoms with Crippen molar-refractivity contribution < 1.29 is 9.53 Å². The van der Waals surface area contributed by atoms with Crippen LogP contribution in [0.4, 0.5) is 0 Å². The van der Waals surface area contributed by atoms with E-state index in [0.29, 0.717) is 11.8 Å². The first-order chi connectivity index (χ1) is 10.7. The lowest BCUT2D eigenvalue weighted by Gasteiger charge is -2.38. The molecule has 2 rings (SSSR count). The van der Waals surface area contributed by atoms with Crippen LogP contribution in [-0.4, -0.2) is 50.1 Å². The molecule has 1 N–H and O–H groups in total. The normalized spacial score (nSPS) is 19.2. The van der Waals surface area contributed by atoms with Crippen molar-refractivity contribution in [3.05, 3.63) is 0 Å². The highest BCUT2D eigenvalue weighted by molar-refractivity contribution is 14.0. The number of carbonyl (C=O) groups is 1. The lowest BCUT2D eigenvalue weighted by atomic mass is 9.68. The van der Waals surface area contributed by atoms with E-state index in [1.807, 2.05) is 0 Å². The quantitative estimate of drug-likeness (QED) is 0.219. The first-order valence-electron chi connectivity index (χ1n) is 8.79. The van der Waals surface area contributed by atoms with E-state index in [-0.39, 0.29) is 29.9 Å². The summed E-state index contributed by atoms with van der Waals surface area (Å²) in [6.45, 7) is 6.22. The monoisotopic (exact) mass is 437 g/mol. The van der Waals surface area contributed by atoms with Crippen LogP contribution < -0.4 is 5.32 Å². The molecule has 1 spiro atoms. The van der Waals surface area contributed by atoms with E-state index in [2.05, 4.69) is 21.9 Å². The van der Waals surface area contributed by atoms with Crippen molar-refractivity contribution in [1.82, 2.24) is 10.2 Å². The Morgan fingerprint density at radius 1 is 1.26 bits per heavy atom. The number of methoxy groups -OCH3 is 1. The third-order valence-corrected chi connectivity index (χ3v) is 5.02. The molecule has 0 unspecified atom stereocenters. The molecule has 1 aliphatic heterocycles. The molecule has 0 aromatic heterocycles. The number of guanidine groups is 1. The molecule has 0 aromatic carbocycles. The fourth-order valence-corrected chi connectivity index (χ4v) is 3.47. The van der Waals surface area contributed by atoms with E-state index >= 15 is 0 Å². The Bertz CT molecular complexity index is 397. The molecule has 5 nitrogen and oxygen atoms in total. The van der Waals surface area contributed by atoms with Crippen LogP contribution >= 0.6 is 24.0 Å². The average molecular weight is 437 g/mol. The standard InChI is InChI=1S/C17H31N3O2.HI/c1-3-18-16(19-12-6-4-5-8-15(21)22-2)20-13-11-17(14-20)9-7-10-17;/h3-14H2,1-2H3,(H,18,19);1H. The second-order valence-electron chi connectivity index (χ2n) is 6.65. The number of rotatable bonds is 7. The van der Waals surface area contributed by atoms with E-state index in [1.54, 1.807) is 0 Å². The summed E-state index contributed by atoms with van der Waals surface area (Å²) in [6, 6.07) is 0. The summed E-state index contributed by atoms with van der Waals surface area (Å²) in [5.74, 6) is 0.971. The van der Waals surface area contributed by atoms with Gasteiger partial charge in [0.15, 0.2) is 5.96 Å². The summed E-state index contributed by atoms with van der Waals surface area (Å²) in [6.07, 6.45) is 9.01.